The maximum Gasteiger partial charge on any atom is 0.0822 e. The van der Waals surface area contributed by atoms with Crippen molar-refractivity contribution < 1.29 is 4.74 Å². The zero-order valence-electron chi connectivity index (χ0n) is 10.1. The Morgan fingerprint density at radius 1 is 1.31 bits per heavy atom. The standard InChI is InChI=1S/C14H21NO/c1-16-14-5-3-2-4-12(14)13-10-15-8-6-11(13)7-9-15/h2-4,11,13-14H,5-10H2,1H3. The van der Waals surface area contributed by atoms with Crippen molar-refractivity contribution in [1.29, 1.82) is 0 Å². The lowest BCUT2D eigenvalue weighted by molar-refractivity contribution is 0.0450. The van der Waals surface area contributed by atoms with Crippen LogP contribution in [0.2, 0.25) is 0 Å². The summed E-state index contributed by atoms with van der Waals surface area (Å²) in [6.45, 7) is 3.91. The van der Waals surface area contributed by atoms with E-state index in [0.717, 1.165) is 18.3 Å². The van der Waals surface area contributed by atoms with Crippen molar-refractivity contribution in [2.24, 2.45) is 11.8 Å². The molecule has 0 aromatic heterocycles. The van der Waals surface area contributed by atoms with Crippen LogP contribution in [0.3, 0.4) is 0 Å². The summed E-state index contributed by atoms with van der Waals surface area (Å²) in [6.07, 6.45) is 10.9. The normalized spacial score (nSPS) is 42.2. The SMILES string of the molecule is COC1CC=CC=C1C1CN2CCC1CC2. The maximum absolute atomic E-state index is 5.63. The van der Waals surface area contributed by atoms with Crippen LogP contribution in [0, 0.1) is 11.8 Å². The molecular weight excluding hydrogens is 198 g/mol. The monoisotopic (exact) mass is 219 g/mol. The smallest absolute Gasteiger partial charge is 0.0822 e. The Bertz CT molecular complexity index is 313. The largest absolute Gasteiger partial charge is 0.377 e. The first kappa shape index (κ1) is 10.5. The van der Waals surface area contributed by atoms with E-state index >= 15 is 0 Å². The zero-order valence-corrected chi connectivity index (χ0v) is 10.1. The third kappa shape index (κ3) is 1.74. The summed E-state index contributed by atoms with van der Waals surface area (Å²) in [5, 5.41) is 0. The number of methoxy groups -OCH3 is 1. The molecule has 2 bridgehead atoms. The number of nitrogens with zero attached hydrogens (tertiary/aromatic N) is 1. The van der Waals surface area contributed by atoms with Gasteiger partial charge in [0.1, 0.15) is 0 Å². The van der Waals surface area contributed by atoms with E-state index in [9.17, 15) is 0 Å². The van der Waals surface area contributed by atoms with Crippen LogP contribution >= 0.6 is 0 Å². The number of rotatable bonds is 2. The molecule has 1 aliphatic carbocycles. The highest BCUT2D eigenvalue weighted by molar-refractivity contribution is 5.26. The van der Waals surface area contributed by atoms with Gasteiger partial charge in [0.25, 0.3) is 0 Å². The molecule has 16 heavy (non-hydrogen) atoms. The lowest BCUT2D eigenvalue weighted by Gasteiger charge is -2.47. The molecule has 2 unspecified atom stereocenters. The molecule has 0 spiro atoms. The van der Waals surface area contributed by atoms with E-state index in [1.165, 1.54) is 32.5 Å². The van der Waals surface area contributed by atoms with Gasteiger partial charge in [0.2, 0.25) is 0 Å². The van der Waals surface area contributed by atoms with Crippen LogP contribution in [0.5, 0.6) is 0 Å². The predicted octanol–water partition coefficient (Wildman–Crippen LogP) is 2.23. The molecule has 3 aliphatic heterocycles. The molecule has 0 aromatic rings. The van der Waals surface area contributed by atoms with Crippen LogP contribution in [-0.2, 0) is 4.74 Å². The van der Waals surface area contributed by atoms with E-state index in [1.807, 2.05) is 7.11 Å². The van der Waals surface area contributed by atoms with Crippen LogP contribution in [-0.4, -0.2) is 37.7 Å². The van der Waals surface area contributed by atoms with E-state index in [0.29, 0.717) is 6.10 Å². The molecule has 0 saturated carbocycles. The van der Waals surface area contributed by atoms with E-state index < -0.39 is 0 Å². The second kappa shape index (κ2) is 4.34. The van der Waals surface area contributed by atoms with Gasteiger partial charge in [-0.15, -0.1) is 0 Å². The molecule has 0 amide bonds. The summed E-state index contributed by atoms with van der Waals surface area (Å²) in [7, 11) is 1.85. The van der Waals surface area contributed by atoms with Gasteiger partial charge >= 0.3 is 0 Å². The van der Waals surface area contributed by atoms with Crippen molar-refractivity contribution in [2.75, 3.05) is 26.7 Å². The summed E-state index contributed by atoms with van der Waals surface area (Å²) in [5.41, 5.74) is 1.56. The van der Waals surface area contributed by atoms with Gasteiger partial charge in [-0.05, 0) is 49.8 Å². The summed E-state index contributed by atoms with van der Waals surface area (Å²) in [6, 6.07) is 0. The van der Waals surface area contributed by atoms with Crippen LogP contribution in [0.1, 0.15) is 19.3 Å². The topological polar surface area (TPSA) is 12.5 Å². The van der Waals surface area contributed by atoms with Crippen LogP contribution < -0.4 is 0 Å². The van der Waals surface area contributed by atoms with Gasteiger partial charge < -0.3 is 9.64 Å². The van der Waals surface area contributed by atoms with Gasteiger partial charge in [-0.2, -0.15) is 0 Å². The van der Waals surface area contributed by atoms with Crippen molar-refractivity contribution in [3.8, 4) is 0 Å². The van der Waals surface area contributed by atoms with Gasteiger partial charge in [0.05, 0.1) is 6.10 Å². The van der Waals surface area contributed by atoms with Crippen molar-refractivity contribution in [3.63, 3.8) is 0 Å². The highest BCUT2D eigenvalue weighted by Gasteiger charge is 2.38. The van der Waals surface area contributed by atoms with Gasteiger partial charge in [-0.3, -0.25) is 0 Å². The van der Waals surface area contributed by atoms with Gasteiger partial charge in [0, 0.05) is 13.7 Å². The minimum absolute atomic E-state index is 0.343. The quantitative estimate of drug-likeness (QED) is 0.706. The van der Waals surface area contributed by atoms with E-state index in [1.54, 1.807) is 5.57 Å². The number of hydrogen-bond donors (Lipinski definition) is 0. The fourth-order valence-electron chi connectivity index (χ4n) is 3.56. The first-order valence-corrected chi connectivity index (χ1v) is 6.50. The fourth-order valence-corrected chi connectivity index (χ4v) is 3.56. The minimum Gasteiger partial charge on any atom is -0.377 e. The average molecular weight is 219 g/mol. The second-order valence-electron chi connectivity index (χ2n) is 5.30. The van der Waals surface area contributed by atoms with E-state index in [-0.39, 0.29) is 0 Å². The number of piperidine rings is 3. The lowest BCUT2D eigenvalue weighted by atomic mass is 9.72. The summed E-state index contributed by atoms with van der Waals surface area (Å²) in [5.74, 6) is 1.68. The molecule has 3 saturated heterocycles. The molecule has 3 fully saturated rings. The number of ether oxygens (including phenoxy) is 1. The molecule has 4 rings (SSSR count). The van der Waals surface area contributed by atoms with Gasteiger partial charge in [0.15, 0.2) is 0 Å². The molecule has 2 atom stereocenters. The molecule has 0 N–H and O–H groups in total. The molecule has 4 aliphatic rings. The molecule has 2 heteroatoms. The van der Waals surface area contributed by atoms with Crippen LogP contribution in [0.15, 0.2) is 23.8 Å². The highest BCUT2D eigenvalue weighted by atomic mass is 16.5. The molecule has 3 heterocycles. The third-order valence-corrected chi connectivity index (χ3v) is 4.52. The zero-order chi connectivity index (χ0) is 11.0. The summed E-state index contributed by atoms with van der Waals surface area (Å²) >= 11 is 0. The summed E-state index contributed by atoms with van der Waals surface area (Å²) in [4.78, 5) is 2.62. The molecule has 0 aromatic carbocycles. The molecule has 0 radical (unpaired) electrons. The Labute approximate surface area is 98.0 Å². The molecule has 88 valence electrons. The van der Waals surface area contributed by atoms with E-state index in [4.69, 9.17) is 4.74 Å². The Morgan fingerprint density at radius 2 is 2.12 bits per heavy atom. The predicted molar refractivity (Wildman–Crippen MR) is 65.3 cm³/mol. The Hall–Kier alpha value is -0.600. The lowest BCUT2D eigenvalue weighted by Crippen LogP contribution is -2.49. The highest BCUT2D eigenvalue weighted by Crippen LogP contribution is 2.39. The van der Waals surface area contributed by atoms with Gasteiger partial charge in [-0.1, -0.05) is 18.2 Å². The molecule has 2 nitrogen and oxygen atoms in total. The van der Waals surface area contributed by atoms with Crippen molar-refractivity contribution in [1.82, 2.24) is 4.90 Å². The Kier molecular flexibility index (Phi) is 2.86. The number of hydrogen-bond acceptors (Lipinski definition) is 2. The third-order valence-electron chi connectivity index (χ3n) is 4.52. The minimum atomic E-state index is 0.343. The van der Waals surface area contributed by atoms with E-state index in [2.05, 4.69) is 23.1 Å². The number of fused-ring (bicyclic) bond motifs is 3. The average Bonchev–Trinajstić information content (AvgIpc) is 2.40. The van der Waals surface area contributed by atoms with Crippen molar-refractivity contribution in [3.05, 3.63) is 23.8 Å². The first-order valence-electron chi connectivity index (χ1n) is 6.50. The van der Waals surface area contributed by atoms with Crippen molar-refractivity contribution in [2.45, 2.75) is 25.4 Å². The first-order chi connectivity index (χ1) is 7.88. The Balaban J connectivity index is 1.81. The van der Waals surface area contributed by atoms with Crippen LogP contribution in [0.4, 0.5) is 0 Å². The fraction of sp³-hybridized carbons (Fsp3) is 0.714. The van der Waals surface area contributed by atoms with Crippen LogP contribution in [0.25, 0.3) is 0 Å². The maximum atomic E-state index is 5.63. The Morgan fingerprint density at radius 3 is 2.75 bits per heavy atom. The van der Waals surface area contributed by atoms with Gasteiger partial charge in [-0.25, -0.2) is 0 Å². The molecular formula is C14H21NO. The summed E-state index contributed by atoms with van der Waals surface area (Å²) < 4.78 is 5.63. The number of allylic oxidation sites excluding steroid dienone is 2. The van der Waals surface area contributed by atoms with Crippen molar-refractivity contribution >= 4 is 0 Å². The second-order valence-corrected chi connectivity index (χ2v) is 5.30.